The summed E-state index contributed by atoms with van der Waals surface area (Å²) in [5.74, 6) is -3.47. The van der Waals surface area contributed by atoms with E-state index in [-0.39, 0.29) is 37.5 Å². The van der Waals surface area contributed by atoms with E-state index in [2.05, 4.69) is 5.32 Å². The topological polar surface area (TPSA) is 86.8 Å². The molecule has 0 saturated heterocycles. The molecule has 1 atom stereocenters. The maximum absolute atomic E-state index is 13.7. The fourth-order valence-corrected chi connectivity index (χ4v) is 4.51. The van der Waals surface area contributed by atoms with Crippen molar-refractivity contribution in [3.63, 3.8) is 0 Å². The van der Waals surface area contributed by atoms with Crippen LogP contribution in [0, 0.1) is 17.5 Å². The highest BCUT2D eigenvalue weighted by Gasteiger charge is 2.26. The van der Waals surface area contributed by atoms with Gasteiger partial charge in [0.2, 0.25) is 21.8 Å². The van der Waals surface area contributed by atoms with Gasteiger partial charge in [0.1, 0.15) is 11.9 Å². The van der Waals surface area contributed by atoms with Gasteiger partial charge in [0.05, 0.1) is 11.9 Å². The molecule has 0 aromatic heterocycles. The maximum Gasteiger partial charge on any atom is 0.242 e. The number of anilines is 1. The summed E-state index contributed by atoms with van der Waals surface area (Å²) in [6.07, 6.45) is 2.56. The van der Waals surface area contributed by atoms with Crippen molar-refractivity contribution in [1.82, 2.24) is 10.2 Å². The number of nitrogens with zero attached hydrogens (tertiary/aromatic N) is 2. The maximum atomic E-state index is 13.7. The number of nitrogens with one attached hydrogen (secondary N) is 1. The van der Waals surface area contributed by atoms with Crippen LogP contribution in [-0.4, -0.2) is 50.5 Å². The largest absolute Gasteiger partial charge is 0.354 e. The van der Waals surface area contributed by atoms with Crippen molar-refractivity contribution in [2.75, 3.05) is 23.7 Å². The van der Waals surface area contributed by atoms with Gasteiger partial charge >= 0.3 is 0 Å². The predicted octanol–water partition coefficient (Wildman–Crippen LogP) is 3.98. The first kappa shape index (κ1) is 29.2. The van der Waals surface area contributed by atoms with Gasteiger partial charge in [-0.05, 0) is 49.6 Å². The van der Waals surface area contributed by atoms with E-state index in [0.29, 0.717) is 12.1 Å². The lowest BCUT2D eigenvalue weighted by molar-refractivity contribution is -0.140. The highest BCUT2D eigenvalue weighted by atomic mass is 32.2. The Morgan fingerprint density at radius 1 is 1.00 bits per heavy atom. The minimum atomic E-state index is -3.84. The molecule has 2 amide bonds. The lowest BCUT2D eigenvalue weighted by Crippen LogP contribution is -2.48. The van der Waals surface area contributed by atoms with Crippen LogP contribution < -0.4 is 9.62 Å². The molecule has 7 nitrogen and oxygen atoms in total. The summed E-state index contributed by atoms with van der Waals surface area (Å²) in [6.45, 7) is 3.94. The zero-order valence-electron chi connectivity index (χ0n) is 20.6. The molecule has 1 unspecified atom stereocenters. The molecule has 1 N–H and O–H groups in total. The first-order valence-corrected chi connectivity index (χ1v) is 13.5. The Kier molecular flexibility index (Phi) is 10.8. The third-order valence-corrected chi connectivity index (χ3v) is 6.80. The second-order valence-corrected chi connectivity index (χ2v) is 10.4. The SMILES string of the molecule is CCCCNC(=O)C(C)N(Cc1ccc(F)cc1)C(=O)CCCN(c1ccc(F)c(F)c1)S(C)(=O)=O. The summed E-state index contributed by atoms with van der Waals surface area (Å²) in [7, 11) is -3.84. The molecule has 0 saturated carbocycles. The fraction of sp³-hybridized carbons (Fsp3) is 0.440. The summed E-state index contributed by atoms with van der Waals surface area (Å²) < 4.78 is 65.7. The molecule has 0 aliphatic rings. The second kappa shape index (κ2) is 13.3. The Bertz CT molecular complexity index is 1140. The van der Waals surface area contributed by atoms with Crippen LogP contribution in [0.25, 0.3) is 0 Å². The van der Waals surface area contributed by atoms with E-state index >= 15 is 0 Å². The third-order valence-electron chi connectivity index (χ3n) is 5.61. The molecule has 198 valence electrons. The molecule has 36 heavy (non-hydrogen) atoms. The Balaban J connectivity index is 2.15. The number of sulfonamides is 1. The van der Waals surface area contributed by atoms with Gasteiger partial charge in [0.25, 0.3) is 0 Å². The van der Waals surface area contributed by atoms with Gasteiger partial charge in [-0.2, -0.15) is 0 Å². The average Bonchev–Trinajstić information content (AvgIpc) is 2.82. The first-order valence-electron chi connectivity index (χ1n) is 11.7. The van der Waals surface area contributed by atoms with Crippen LogP contribution >= 0.6 is 0 Å². The lowest BCUT2D eigenvalue weighted by atomic mass is 10.1. The minimum absolute atomic E-state index is 0.0560. The minimum Gasteiger partial charge on any atom is -0.354 e. The number of rotatable bonds is 13. The molecule has 2 rings (SSSR count). The standard InChI is InChI=1S/C25H32F3N3O4S/c1-4-5-14-29-25(33)18(2)30(17-19-8-10-20(26)11-9-19)24(32)7-6-15-31(36(3,34)35)21-12-13-22(27)23(28)16-21/h8-13,16,18H,4-7,14-15,17H2,1-3H3,(H,29,33). The van der Waals surface area contributed by atoms with Gasteiger partial charge in [-0.3, -0.25) is 13.9 Å². The van der Waals surface area contributed by atoms with E-state index in [1.165, 1.54) is 29.2 Å². The van der Waals surface area contributed by atoms with Crippen molar-refractivity contribution in [1.29, 1.82) is 0 Å². The van der Waals surface area contributed by atoms with E-state index in [9.17, 15) is 31.2 Å². The van der Waals surface area contributed by atoms with Gasteiger partial charge < -0.3 is 10.2 Å². The Morgan fingerprint density at radius 3 is 2.25 bits per heavy atom. The van der Waals surface area contributed by atoms with Gasteiger partial charge in [-0.15, -0.1) is 0 Å². The molecular formula is C25H32F3N3O4S. The van der Waals surface area contributed by atoms with E-state index in [0.717, 1.165) is 41.6 Å². The molecule has 0 aliphatic carbocycles. The molecule has 2 aromatic carbocycles. The fourth-order valence-electron chi connectivity index (χ4n) is 3.55. The Morgan fingerprint density at radius 2 is 1.67 bits per heavy atom. The average molecular weight is 528 g/mol. The molecule has 2 aromatic rings. The molecule has 0 radical (unpaired) electrons. The summed E-state index contributed by atoms with van der Waals surface area (Å²) in [5.41, 5.74) is 0.563. The number of carbonyl (C=O) groups is 2. The number of carbonyl (C=O) groups excluding carboxylic acids is 2. The Labute approximate surface area is 210 Å². The Hall–Kier alpha value is -3.08. The van der Waals surface area contributed by atoms with Gasteiger partial charge in [0.15, 0.2) is 11.6 Å². The summed E-state index contributed by atoms with van der Waals surface area (Å²) >= 11 is 0. The van der Waals surface area contributed by atoms with Crippen LogP contribution in [0.15, 0.2) is 42.5 Å². The zero-order valence-corrected chi connectivity index (χ0v) is 21.5. The van der Waals surface area contributed by atoms with Crippen LogP contribution in [0.3, 0.4) is 0 Å². The smallest absolute Gasteiger partial charge is 0.242 e. The number of benzene rings is 2. The third kappa shape index (κ3) is 8.54. The first-order chi connectivity index (χ1) is 16.9. The predicted molar refractivity (Wildman–Crippen MR) is 132 cm³/mol. The van der Waals surface area contributed by atoms with Crippen molar-refractivity contribution in [2.24, 2.45) is 0 Å². The van der Waals surface area contributed by atoms with Crippen molar-refractivity contribution in [3.05, 3.63) is 65.5 Å². The number of hydrogen-bond donors (Lipinski definition) is 1. The number of unbranched alkanes of at least 4 members (excludes halogenated alkanes) is 1. The number of halogens is 3. The molecule has 0 aliphatic heterocycles. The van der Waals surface area contributed by atoms with Gasteiger partial charge in [-0.25, -0.2) is 21.6 Å². The van der Waals surface area contributed by atoms with Crippen LogP contribution in [0.4, 0.5) is 18.9 Å². The monoisotopic (exact) mass is 527 g/mol. The lowest BCUT2D eigenvalue weighted by Gasteiger charge is -2.29. The second-order valence-electron chi connectivity index (χ2n) is 8.51. The summed E-state index contributed by atoms with van der Waals surface area (Å²) in [4.78, 5) is 27.2. The summed E-state index contributed by atoms with van der Waals surface area (Å²) in [6, 6.07) is 7.49. The molecule has 11 heteroatoms. The van der Waals surface area contributed by atoms with Crippen molar-refractivity contribution < 1.29 is 31.2 Å². The van der Waals surface area contributed by atoms with Crippen LogP contribution in [-0.2, 0) is 26.2 Å². The quantitative estimate of drug-likeness (QED) is 0.399. The highest BCUT2D eigenvalue weighted by Crippen LogP contribution is 2.21. The van der Waals surface area contributed by atoms with Crippen molar-refractivity contribution in [3.8, 4) is 0 Å². The van der Waals surface area contributed by atoms with E-state index in [1.807, 2.05) is 6.92 Å². The van der Waals surface area contributed by atoms with E-state index < -0.39 is 39.4 Å². The highest BCUT2D eigenvalue weighted by molar-refractivity contribution is 7.92. The van der Waals surface area contributed by atoms with Crippen LogP contribution in [0.2, 0.25) is 0 Å². The van der Waals surface area contributed by atoms with Crippen molar-refractivity contribution >= 4 is 27.5 Å². The van der Waals surface area contributed by atoms with E-state index in [1.54, 1.807) is 6.92 Å². The van der Waals surface area contributed by atoms with E-state index in [4.69, 9.17) is 0 Å². The van der Waals surface area contributed by atoms with Crippen LogP contribution in [0.1, 0.15) is 45.1 Å². The molecule has 0 heterocycles. The van der Waals surface area contributed by atoms with Gasteiger partial charge in [0, 0.05) is 32.1 Å². The zero-order chi connectivity index (χ0) is 26.9. The molecule has 0 spiro atoms. The summed E-state index contributed by atoms with van der Waals surface area (Å²) in [5, 5.41) is 2.79. The number of hydrogen-bond acceptors (Lipinski definition) is 4. The van der Waals surface area contributed by atoms with Crippen molar-refractivity contribution in [2.45, 2.75) is 52.1 Å². The number of amides is 2. The molecule has 0 fully saturated rings. The van der Waals surface area contributed by atoms with Gasteiger partial charge in [-0.1, -0.05) is 25.5 Å². The normalized spacial score (nSPS) is 12.2. The molecule has 0 bridgehead atoms. The van der Waals surface area contributed by atoms with Crippen LogP contribution in [0.5, 0.6) is 0 Å². The molecular weight excluding hydrogens is 495 g/mol.